The Hall–Kier alpha value is -1.10. The van der Waals surface area contributed by atoms with Crippen LogP contribution in [-0.2, 0) is 19.1 Å². The molecule has 0 aromatic rings. The van der Waals surface area contributed by atoms with Crippen LogP contribution in [0.2, 0.25) is 0 Å². The highest BCUT2D eigenvalue weighted by Gasteiger charge is 2.15. The van der Waals surface area contributed by atoms with Crippen LogP contribution in [-0.4, -0.2) is 36.4 Å². The monoisotopic (exact) mass is 246 g/mol. The molecule has 0 amide bonds. The van der Waals surface area contributed by atoms with Crippen molar-refractivity contribution in [3.8, 4) is 0 Å². The summed E-state index contributed by atoms with van der Waals surface area (Å²) in [4.78, 5) is 22.2. The average Bonchev–Trinajstić information content (AvgIpc) is 2.34. The van der Waals surface area contributed by atoms with Crippen LogP contribution in [0.25, 0.3) is 0 Å². The Balaban J connectivity index is 3.79. The number of unbranched alkanes of at least 4 members (excludes halogenated alkanes) is 2. The quantitative estimate of drug-likeness (QED) is 0.492. The van der Waals surface area contributed by atoms with Crippen molar-refractivity contribution in [2.45, 2.75) is 52.1 Å². The Morgan fingerprint density at radius 3 is 2.41 bits per heavy atom. The Kier molecular flexibility index (Phi) is 9.43. The molecule has 0 aliphatic heterocycles. The first-order valence-corrected chi connectivity index (χ1v) is 6.09. The molecule has 0 spiro atoms. The third kappa shape index (κ3) is 8.68. The van der Waals surface area contributed by atoms with Crippen LogP contribution < -0.4 is 0 Å². The molecule has 0 aliphatic carbocycles. The molecule has 0 aromatic heterocycles. The van der Waals surface area contributed by atoms with Crippen molar-refractivity contribution in [2.75, 3.05) is 13.2 Å². The summed E-state index contributed by atoms with van der Waals surface area (Å²) in [5.41, 5.74) is 0. The third-order valence-electron chi connectivity index (χ3n) is 2.21. The highest BCUT2D eigenvalue weighted by Crippen LogP contribution is 2.03. The summed E-state index contributed by atoms with van der Waals surface area (Å²) in [6, 6.07) is 0. The van der Waals surface area contributed by atoms with E-state index in [-0.39, 0.29) is 31.6 Å². The number of ether oxygens (including phenoxy) is 2. The topological polar surface area (TPSA) is 72.8 Å². The zero-order chi connectivity index (χ0) is 13.1. The Bertz CT molecular complexity index is 227. The molecular weight excluding hydrogens is 224 g/mol. The second-order valence-electron chi connectivity index (χ2n) is 3.79. The van der Waals surface area contributed by atoms with E-state index in [0.29, 0.717) is 6.42 Å². The summed E-state index contributed by atoms with van der Waals surface area (Å²) < 4.78 is 9.77. The molecule has 0 radical (unpaired) electrons. The number of carbonyl (C=O) groups excluding carboxylic acids is 2. The lowest BCUT2D eigenvalue weighted by molar-refractivity contribution is -0.161. The van der Waals surface area contributed by atoms with Gasteiger partial charge in [-0.3, -0.25) is 9.59 Å². The van der Waals surface area contributed by atoms with Gasteiger partial charge in [-0.25, -0.2) is 0 Å². The van der Waals surface area contributed by atoms with Gasteiger partial charge in [-0.1, -0.05) is 26.7 Å². The fourth-order valence-corrected chi connectivity index (χ4v) is 1.18. The molecular formula is C12H22O5. The van der Waals surface area contributed by atoms with E-state index in [2.05, 4.69) is 0 Å². The van der Waals surface area contributed by atoms with Gasteiger partial charge < -0.3 is 14.6 Å². The maximum atomic E-state index is 11.3. The molecule has 0 fully saturated rings. The molecule has 0 saturated carbocycles. The van der Waals surface area contributed by atoms with E-state index in [1.165, 1.54) is 0 Å². The summed E-state index contributed by atoms with van der Waals surface area (Å²) in [6.07, 6.45) is 2.64. The minimum atomic E-state index is -0.750. The number of rotatable bonds is 9. The number of aliphatic hydroxyl groups excluding tert-OH is 1. The molecule has 1 atom stereocenters. The van der Waals surface area contributed by atoms with Gasteiger partial charge in [-0.15, -0.1) is 0 Å². The first-order chi connectivity index (χ1) is 8.13. The molecule has 5 heteroatoms. The van der Waals surface area contributed by atoms with Crippen molar-refractivity contribution in [1.82, 2.24) is 0 Å². The van der Waals surface area contributed by atoms with Crippen LogP contribution in [0.3, 0.4) is 0 Å². The van der Waals surface area contributed by atoms with Crippen molar-refractivity contribution in [3.63, 3.8) is 0 Å². The van der Waals surface area contributed by atoms with E-state index < -0.39 is 6.10 Å². The average molecular weight is 246 g/mol. The molecule has 0 rings (SSSR count). The lowest BCUT2D eigenvalue weighted by Crippen LogP contribution is -2.28. The molecule has 0 bridgehead atoms. The van der Waals surface area contributed by atoms with Crippen LogP contribution in [0.15, 0.2) is 0 Å². The number of hydrogen-bond acceptors (Lipinski definition) is 5. The number of carbonyl (C=O) groups is 2. The van der Waals surface area contributed by atoms with Crippen molar-refractivity contribution in [1.29, 1.82) is 0 Å². The highest BCUT2D eigenvalue weighted by atomic mass is 16.6. The van der Waals surface area contributed by atoms with E-state index in [1.807, 2.05) is 6.92 Å². The minimum absolute atomic E-state index is 0.0807. The minimum Gasteiger partial charge on any atom is -0.462 e. The van der Waals surface area contributed by atoms with Gasteiger partial charge >= 0.3 is 11.9 Å². The van der Waals surface area contributed by atoms with Gasteiger partial charge in [0.1, 0.15) is 6.61 Å². The molecule has 5 nitrogen and oxygen atoms in total. The van der Waals surface area contributed by atoms with E-state index in [4.69, 9.17) is 14.6 Å². The number of hydrogen-bond donors (Lipinski definition) is 1. The maximum Gasteiger partial charge on any atom is 0.306 e. The number of esters is 2. The molecule has 0 aliphatic rings. The summed E-state index contributed by atoms with van der Waals surface area (Å²) >= 11 is 0. The predicted octanol–water partition coefficient (Wildman–Crippen LogP) is 1.42. The molecule has 1 unspecified atom stereocenters. The second kappa shape index (κ2) is 10.1. The Morgan fingerprint density at radius 2 is 1.88 bits per heavy atom. The molecule has 100 valence electrons. The SMILES string of the molecule is CCCCCC(=O)OC(CO)COC(=O)CC. The summed E-state index contributed by atoms with van der Waals surface area (Å²) in [6.45, 7) is 3.30. The smallest absolute Gasteiger partial charge is 0.306 e. The van der Waals surface area contributed by atoms with Gasteiger partial charge in [0.25, 0.3) is 0 Å². The van der Waals surface area contributed by atoms with Gasteiger partial charge in [-0.2, -0.15) is 0 Å². The second-order valence-corrected chi connectivity index (χ2v) is 3.79. The molecule has 0 aromatic carbocycles. The Morgan fingerprint density at radius 1 is 1.18 bits per heavy atom. The van der Waals surface area contributed by atoms with Crippen molar-refractivity contribution in [3.05, 3.63) is 0 Å². The van der Waals surface area contributed by atoms with Crippen molar-refractivity contribution in [2.24, 2.45) is 0 Å². The lowest BCUT2D eigenvalue weighted by atomic mass is 10.2. The van der Waals surface area contributed by atoms with Gasteiger partial charge in [0.15, 0.2) is 6.10 Å². The van der Waals surface area contributed by atoms with Crippen molar-refractivity contribution < 1.29 is 24.2 Å². The van der Waals surface area contributed by atoms with Gasteiger partial charge in [-0.05, 0) is 6.42 Å². The van der Waals surface area contributed by atoms with Gasteiger partial charge in [0.05, 0.1) is 6.61 Å². The predicted molar refractivity (Wildman–Crippen MR) is 62.4 cm³/mol. The van der Waals surface area contributed by atoms with Crippen LogP contribution >= 0.6 is 0 Å². The fourth-order valence-electron chi connectivity index (χ4n) is 1.18. The molecule has 0 heterocycles. The summed E-state index contributed by atoms with van der Waals surface area (Å²) in [7, 11) is 0. The lowest BCUT2D eigenvalue weighted by Gasteiger charge is -2.15. The van der Waals surface area contributed by atoms with E-state index in [9.17, 15) is 9.59 Å². The first-order valence-electron chi connectivity index (χ1n) is 6.09. The van der Waals surface area contributed by atoms with Crippen LogP contribution in [0, 0.1) is 0 Å². The van der Waals surface area contributed by atoms with Gasteiger partial charge in [0, 0.05) is 12.8 Å². The fraction of sp³-hybridized carbons (Fsp3) is 0.833. The van der Waals surface area contributed by atoms with Crippen molar-refractivity contribution >= 4 is 11.9 Å². The van der Waals surface area contributed by atoms with Crippen LogP contribution in [0.4, 0.5) is 0 Å². The van der Waals surface area contributed by atoms with Crippen LogP contribution in [0.1, 0.15) is 46.0 Å². The van der Waals surface area contributed by atoms with Gasteiger partial charge in [0.2, 0.25) is 0 Å². The molecule has 0 saturated heterocycles. The zero-order valence-corrected chi connectivity index (χ0v) is 10.6. The third-order valence-corrected chi connectivity index (χ3v) is 2.21. The van der Waals surface area contributed by atoms with E-state index in [0.717, 1.165) is 19.3 Å². The normalized spacial score (nSPS) is 11.9. The summed E-state index contributed by atoms with van der Waals surface area (Å²) in [5.74, 6) is -0.726. The van der Waals surface area contributed by atoms with E-state index in [1.54, 1.807) is 6.92 Å². The zero-order valence-electron chi connectivity index (χ0n) is 10.6. The largest absolute Gasteiger partial charge is 0.462 e. The summed E-state index contributed by atoms with van der Waals surface area (Å²) in [5, 5.41) is 8.96. The number of aliphatic hydroxyl groups is 1. The standard InChI is InChI=1S/C12H22O5/c1-3-5-6-7-12(15)17-10(8-13)9-16-11(14)4-2/h10,13H,3-9H2,1-2H3. The molecule has 1 N–H and O–H groups in total. The maximum absolute atomic E-state index is 11.3. The molecule has 17 heavy (non-hydrogen) atoms. The van der Waals surface area contributed by atoms with Crippen LogP contribution in [0.5, 0.6) is 0 Å². The highest BCUT2D eigenvalue weighted by molar-refractivity contribution is 5.70. The van der Waals surface area contributed by atoms with E-state index >= 15 is 0 Å². The first kappa shape index (κ1) is 15.9. The Labute approximate surface area is 102 Å².